The van der Waals surface area contributed by atoms with Gasteiger partial charge in [0.1, 0.15) is 12.2 Å². The standard InChI is InChI=1S/C20H18F5N5O2/c21-19(22)11-29(12-19)32-9-13-4-5-30-16(8-26-17(30)6-13)14-2-1-3-15(7-14)28-18(31)27-10-20(23,24)25/h1-8H,9-12H2,(H2,27,28,31). The van der Waals surface area contributed by atoms with Gasteiger partial charge in [-0.05, 0) is 29.8 Å². The predicted octanol–water partition coefficient (Wildman–Crippen LogP) is 4.07. The lowest BCUT2D eigenvalue weighted by Gasteiger charge is -2.37. The molecule has 3 aromatic rings. The molecule has 0 radical (unpaired) electrons. The number of halogens is 5. The number of nitrogens with one attached hydrogen (secondary N) is 2. The van der Waals surface area contributed by atoms with Crippen LogP contribution in [0.15, 0.2) is 48.8 Å². The van der Waals surface area contributed by atoms with Gasteiger partial charge in [0.25, 0.3) is 5.92 Å². The van der Waals surface area contributed by atoms with Crippen LogP contribution in [0.5, 0.6) is 0 Å². The number of alkyl halides is 5. The van der Waals surface area contributed by atoms with Gasteiger partial charge in [0.2, 0.25) is 0 Å². The van der Waals surface area contributed by atoms with Crippen molar-refractivity contribution in [1.82, 2.24) is 19.8 Å². The number of hydroxylamine groups is 2. The molecule has 0 saturated carbocycles. The average molecular weight is 455 g/mol. The Morgan fingerprint density at radius 1 is 1.19 bits per heavy atom. The van der Waals surface area contributed by atoms with Gasteiger partial charge >= 0.3 is 12.2 Å². The van der Waals surface area contributed by atoms with Gasteiger partial charge in [0.05, 0.1) is 31.6 Å². The fraction of sp³-hybridized carbons (Fsp3) is 0.300. The molecule has 2 amide bonds. The van der Waals surface area contributed by atoms with Gasteiger partial charge < -0.3 is 10.6 Å². The van der Waals surface area contributed by atoms with Crippen molar-refractivity contribution in [2.75, 3.05) is 25.0 Å². The second kappa shape index (κ2) is 8.36. The highest BCUT2D eigenvalue weighted by Gasteiger charge is 2.44. The van der Waals surface area contributed by atoms with Gasteiger partial charge in [0.15, 0.2) is 0 Å². The number of benzene rings is 1. The zero-order valence-corrected chi connectivity index (χ0v) is 16.5. The van der Waals surface area contributed by atoms with Crippen LogP contribution < -0.4 is 10.6 Å². The summed E-state index contributed by atoms with van der Waals surface area (Å²) >= 11 is 0. The summed E-state index contributed by atoms with van der Waals surface area (Å²) in [7, 11) is 0. The molecule has 0 bridgehead atoms. The molecule has 1 saturated heterocycles. The van der Waals surface area contributed by atoms with E-state index in [0.29, 0.717) is 22.6 Å². The summed E-state index contributed by atoms with van der Waals surface area (Å²) in [5, 5.41) is 5.31. The van der Waals surface area contributed by atoms with Crippen molar-refractivity contribution in [2.24, 2.45) is 0 Å². The van der Waals surface area contributed by atoms with Crippen molar-refractivity contribution in [1.29, 1.82) is 0 Å². The molecule has 32 heavy (non-hydrogen) atoms. The van der Waals surface area contributed by atoms with E-state index in [0.717, 1.165) is 5.56 Å². The number of pyridine rings is 1. The van der Waals surface area contributed by atoms with E-state index in [9.17, 15) is 26.7 Å². The minimum Gasteiger partial charge on any atom is -0.329 e. The first kappa shape index (κ1) is 22.0. The molecule has 170 valence electrons. The van der Waals surface area contributed by atoms with Crippen molar-refractivity contribution in [3.05, 3.63) is 54.4 Å². The molecule has 0 atom stereocenters. The maximum atomic E-state index is 12.9. The number of amides is 2. The van der Waals surface area contributed by atoms with Crippen molar-refractivity contribution in [2.45, 2.75) is 18.7 Å². The molecule has 1 aliphatic heterocycles. The molecule has 12 heteroatoms. The summed E-state index contributed by atoms with van der Waals surface area (Å²) in [4.78, 5) is 21.4. The van der Waals surface area contributed by atoms with Crippen LogP contribution >= 0.6 is 0 Å². The smallest absolute Gasteiger partial charge is 0.329 e. The number of fused-ring (bicyclic) bond motifs is 1. The van der Waals surface area contributed by atoms with Crippen molar-refractivity contribution < 1.29 is 31.6 Å². The molecular weight excluding hydrogens is 437 g/mol. The molecule has 0 spiro atoms. The molecule has 3 heterocycles. The third-order valence-corrected chi connectivity index (χ3v) is 4.67. The van der Waals surface area contributed by atoms with E-state index in [1.165, 1.54) is 5.06 Å². The second-order valence-corrected chi connectivity index (χ2v) is 7.34. The van der Waals surface area contributed by atoms with E-state index in [1.807, 2.05) is 0 Å². The Balaban J connectivity index is 1.43. The SMILES string of the molecule is O=C(NCC(F)(F)F)Nc1cccc(-c2cnc3cc(CON4CC(F)(F)C4)ccn23)c1. The number of urea groups is 1. The fourth-order valence-electron chi connectivity index (χ4n) is 3.17. The normalized spacial score (nSPS) is 16.0. The van der Waals surface area contributed by atoms with Crippen LogP contribution in [-0.2, 0) is 11.4 Å². The van der Waals surface area contributed by atoms with Crippen LogP contribution in [0.3, 0.4) is 0 Å². The van der Waals surface area contributed by atoms with E-state index in [2.05, 4.69) is 10.3 Å². The number of carbonyl (C=O) groups excluding carboxylic acids is 1. The number of rotatable bonds is 6. The molecule has 1 aliphatic rings. The highest BCUT2D eigenvalue weighted by Crippen LogP contribution is 2.28. The van der Waals surface area contributed by atoms with Crippen LogP contribution in [0, 0.1) is 0 Å². The summed E-state index contributed by atoms with van der Waals surface area (Å²) < 4.78 is 64.2. The fourth-order valence-corrected chi connectivity index (χ4v) is 3.17. The highest BCUT2D eigenvalue weighted by atomic mass is 19.4. The van der Waals surface area contributed by atoms with E-state index >= 15 is 0 Å². The van der Waals surface area contributed by atoms with Crippen LogP contribution in [0.2, 0.25) is 0 Å². The first-order valence-corrected chi connectivity index (χ1v) is 9.52. The molecule has 4 rings (SSSR count). The van der Waals surface area contributed by atoms with Crippen molar-refractivity contribution in [3.8, 4) is 11.3 Å². The molecule has 1 aromatic carbocycles. The lowest BCUT2D eigenvalue weighted by atomic mass is 10.1. The maximum Gasteiger partial charge on any atom is 0.405 e. The number of hydrogen-bond acceptors (Lipinski definition) is 4. The molecule has 0 aliphatic carbocycles. The molecular formula is C20H18F5N5O2. The number of aromatic nitrogens is 2. The third-order valence-electron chi connectivity index (χ3n) is 4.67. The maximum absolute atomic E-state index is 12.9. The lowest BCUT2D eigenvalue weighted by molar-refractivity contribution is -0.294. The molecule has 1 fully saturated rings. The first-order chi connectivity index (χ1) is 15.1. The minimum atomic E-state index is -4.50. The quantitative estimate of drug-likeness (QED) is 0.550. The van der Waals surface area contributed by atoms with E-state index in [-0.39, 0.29) is 6.61 Å². The molecule has 2 N–H and O–H groups in total. The van der Waals surface area contributed by atoms with Crippen LogP contribution in [-0.4, -0.2) is 52.2 Å². The van der Waals surface area contributed by atoms with E-state index < -0.39 is 37.8 Å². The Kier molecular flexibility index (Phi) is 5.73. The Labute approximate surface area is 178 Å². The first-order valence-electron chi connectivity index (χ1n) is 9.52. The third kappa shape index (κ3) is 5.32. The Hall–Kier alpha value is -3.25. The number of carbonyl (C=O) groups is 1. The van der Waals surface area contributed by atoms with Crippen molar-refractivity contribution in [3.63, 3.8) is 0 Å². The summed E-state index contributed by atoms with van der Waals surface area (Å²) in [5.74, 6) is -2.70. The molecule has 0 unspecified atom stereocenters. The summed E-state index contributed by atoms with van der Waals surface area (Å²) in [6.45, 7) is -2.16. The average Bonchev–Trinajstić information content (AvgIpc) is 3.12. The number of hydrogen-bond donors (Lipinski definition) is 2. The Morgan fingerprint density at radius 3 is 2.69 bits per heavy atom. The minimum absolute atomic E-state index is 0.126. The largest absolute Gasteiger partial charge is 0.405 e. The van der Waals surface area contributed by atoms with Crippen LogP contribution in [0.4, 0.5) is 32.4 Å². The lowest BCUT2D eigenvalue weighted by Crippen LogP contribution is -2.55. The Morgan fingerprint density at radius 2 is 1.97 bits per heavy atom. The van der Waals surface area contributed by atoms with Crippen molar-refractivity contribution >= 4 is 17.4 Å². The molecule has 7 nitrogen and oxygen atoms in total. The van der Waals surface area contributed by atoms with Gasteiger partial charge in [-0.1, -0.05) is 12.1 Å². The van der Waals surface area contributed by atoms with E-state index in [1.54, 1.807) is 58.5 Å². The van der Waals surface area contributed by atoms with Gasteiger partial charge in [-0.3, -0.25) is 9.24 Å². The zero-order chi connectivity index (χ0) is 22.9. The monoisotopic (exact) mass is 455 g/mol. The predicted molar refractivity (Wildman–Crippen MR) is 105 cm³/mol. The summed E-state index contributed by atoms with van der Waals surface area (Å²) in [6.07, 6.45) is -1.14. The summed E-state index contributed by atoms with van der Waals surface area (Å²) in [6, 6.07) is 9.13. The van der Waals surface area contributed by atoms with Gasteiger partial charge in [-0.15, -0.1) is 0 Å². The number of anilines is 1. The topological polar surface area (TPSA) is 70.9 Å². The number of imidazole rings is 1. The van der Waals surface area contributed by atoms with Crippen LogP contribution in [0.1, 0.15) is 5.56 Å². The highest BCUT2D eigenvalue weighted by molar-refractivity contribution is 5.90. The van der Waals surface area contributed by atoms with Crippen LogP contribution in [0.25, 0.3) is 16.9 Å². The van der Waals surface area contributed by atoms with Gasteiger partial charge in [-0.25, -0.2) is 18.6 Å². The molecule has 2 aromatic heterocycles. The summed E-state index contributed by atoms with van der Waals surface area (Å²) in [5.41, 5.74) is 3.03. The number of nitrogens with zero attached hydrogens (tertiary/aromatic N) is 3. The Bertz CT molecular complexity index is 1120. The second-order valence-electron chi connectivity index (χ2n) is 7.34. The zero-order valence-electron chi connectivity index (χ0n) is 16.5. The van der Waals surface area contributed by atoms with E-state index in [4.69, 9.17) is 4.84 Å². The van der Waals surface area contributed by atoms with Gasteiger partial charge in [-0.2, -0.15) is 18.2 Å². The van der Waals surface area contributed by atoms with Gasteiger partial charge in [0, 0.05) is 17.4 Å².